The van der Waals surface area contributed by atoms with E-state index in [1.807, 2.05) is 0 Å². The number of hydrogen-bond donors (Lipinski definition) is 1. The van der Waals surface area contributed by atoms with Crippen molar-refractivity contribution in [2.75, 3.05) is 9.62 Å². The van der Waals surface area contributed by atoms with Gasteiger partial charge in [0.25, 0.3) is 10.0 Å². The molecule has 22 heavy (non-hydrogen) atoms. The van der Waals surface area contributed by atoms with Crippen molar-refractivity contribution in [2.45, 2.75) is 24.8 Å². The Labute approximate surface area is 129 Å². The van der Waals surface area contributed by atoms with Crippen molar-refractivity contribution >= 4 is 27.3 Å². The molecule has 0 unspecified atom stereocenters. The molecule has 0 radical (unpaired) electrons. The topological polar surface area (TPSA) is 66.5 Å². The third kappa shape index (κ3) is 2.16. The lowest BCUT2D eigenvalue weighted by Crippen LogP contribution is -2.49. The highest BCUT2D eigenvalue weighted by molar-refractivity contribution is 7.93. The standard InChI is InChI=1S/C16H16N2O3S/c1-11-7-3-6-10-15(11)22(20,21)18-12(2)16(19)17-13-8-4-5-9-14(13)18/h3-10,12H,1-2H3,(H,17,19)/t12-/m0/s1. The summed E-state index contributed by atoms with van der Waals surface area (Å²) in [5.74, 6) is -0.337. The average Bonchev–Trinajstić information content (AvgIpc) is 2.48. The summed E-state index contributed by atoms with van der Waals surface area (Å²) in [6.07, 6.45) is 0. The monoisotopic (exact) mass is 316 g/mol. The number of para-hydroxylation sites is 2. The van der Waals surface area contributed by atoms with Crippen LogP contribution in [0.1, 0.15) is 12.5 Å². The number of carbonyl (C=O) groups excluding carboxylic acids is 1. The number of benzene rings is 2. The minimum Gasteiger partial charge on any atom is -0.322 e. The van der Waals surface area contributed by atoms with E-state index >= 15 is 0 Å². The van der Waals surface area contributed by atoms with Gasteiger partial charge in [-0.1, -0.05) is 30.3 Å². The lowest BCUT2D eigenvalue weighted by molar-refractivity contribution is -0.117. The molecule has 5 nitrogen and oxygen atoms in total. The van der Waals surface area contributed by atoms with Crippen LogP contribution in [0.15, 0.2) is 53.4 Å². The van der Waals surface area contributed by atoms with Gasteiger partial charge in [0, 0.05) is 0 Å². The van der Waals surface area contributed by atoms with E-state index in [-0.39, 0.29) is 10.8 Å². The van der Waals surface area contributed by atoms with Crippen LogP contribution >= 0.6 is 0 Å². The number of sulfonamides is 1. The number of anilines is 2. The Morgan fingerprint density at radius 3 is 2.41 bits per heavy atom. The first-order valence-corrected chi connectivity index (χ1v) is 8.37. The summed E-state index contributed by atoms with van der Waals surface area (Å²) in [7, 11) is -3.82. The van der Waals surface area contributed by atoms with Gasteiger partial charge in [-0.2, -0.15) is 0 Å². The molecule has 3 rings (SSSR count). The van der Waals surface area contributed by atoms with E-state index in [4.69, 9.17) is 0 Å². The van der Waals surface area contributed by atoms with Crippen LogP contribution in [0.5, 0.6) is 0 Å². The highest BCUT2D eigenvalue weighted by Crippen LogP contribution is 2.36. The van der Waals surface area contributed by atoms with Crippen LogP contribution in [0.3, 0.4) is 0 Å². The van der Waals surface area contributed by atoms with E-state index < -0.39 is 16.1 Å². The molecule has 0 saturated heterocycles. The zero-order valence-corrected chi connectivity index (χ0v) is 13.1. The molecule has 0 aliphatic carbocycles. The summed E-state index contributed by atoms with van der Waals surface area (Å²) in [5.41, 5.74) is 1.64. The van der Waals surface area contributed by atoms with Gasteiger partial charge in [-0.05, 0) is 37.6 Å². The van der Waals surface area contributed by atoms with Gasteiger partial charge in [0.05, 0.1) is 16.3 Å². The molecule has 114 valence electrons. The molecule has 1 aliphatic heterocycles. The van der Waals surface area contributed by atoms with Crippen LogP contribution in [-0.4, -0.2) is 20.4 Å². The SMILES string of the molecule is Cc1ccccc1S(=O)(=O)N1c2ccccc2NC(=O)[C@@H]1C. The maximum Gasteiger partial charge on any atom is 0.265 e. The molecular formula is C16H16N2O3S. The van der Waals surface area contributed by atoms with Gasteiger partial charge in [-0.3, -0.25) is 9.10 Å². The maximum absolute atomic E-state index is 13.1. The predicted molar refractivity (Wildman–Crippen MR) is 85.4 cm³/mol. The first kappa shape index (κ1) is 14.6. The fourth-order valence-electron chi connectivity index (χ4n) is 2.61. The summed E-state index contributed by atoms with van der Waals surface area (Å²) in [6, 6.07) is 12.9. The number of aryl methyl sites for hydroxylation is 1. The summed E-state index contributed by atoms with van der Waals surface area (Å²) in [5, 5.41) is 2.73. The second-order valence-corrected chi connectivity index (χ2v) is 7.03. The molecule has 6 heteroatoms. The van der Waals surface area contributed by atoms with Crippen LogP contribution in [-0.2, 0) is 14.8 Å². The molecular weight excluding hydrogens is 300 g/mol. The Morgan fingerprint density at radius 2 is 1.68 bits per heavy atom. The van der Waals surface area contributed by atoms with Crippen molar-refractivity contribution in [3.63, 3.8) is 0 Å². The van der Waals surface area contributed by atoms with Crippen LogP contribution in [0.25, 0.3) is 0 Å². The van der Waals surface area contributed by atoms with Crippen LogP contribution in [0.4, 0.5) is 11.4 Å². The predicted octanol–water partition coefficient (Wildman–Crippen LogP) is 2.53. The van der Waals surface area contributed by atoms with Gasteiger partial charge in [0.15, 0.2) is 0 Å². The molecule has 0 aromatic heterocycles. The molecule has 0 fully saturated rings. The van der Waals surface area contributed by atoms with Crippen molar-refractivity contribution in [3.05, 3.63) is 54.1 Å². The second kappa shape index (κ2) is 5.14. The number of rotatable bonds is 2. The van der Waals surface area contributed by atoms with Gasteiger partial charge in [0.2, 0.25) is 5.91 Å². The summed E-state index contributed by atoms with van der Waals surface area (Å²) >= 11 is 0. The van der Waals surface area contributed by atoms with E-state index in [9.17, 15) is 13.2 Å². The van der Waals surface area contributed by atoms with Crippen LogP contribution < -0.4 is 9.62 Å². The van der Waals surface area contributed by atoms with Crippen molar-refractivity contribution in [1.82, 2.24) is 0 Å². The maximum atomic E-state index is 13.1. The average molecular weight is 316 g/mol. The molecule has 1 amide bonds. The molecule has 1 atom stereocenters. The molecule has 1 N–H and O–H groups in total. The van der Waals surface area contributed by atoms with E-state index in [2.05, 4.69) is 5.32 Å². The number of nitrogens with one attached hydrogen (secondary N) is 1. The first-order valence-electron chi connectivity index (χ1n) is 6.93. The fraction of sp³-hybridized carbons (Fsp3) is 0.188. The van der Waals surface area contributed by atoms with E-state index in [1.165, 1.54) is 4.31 Å². The number of carbonyl (C=O) groups is 1. The van der Waals surface area contributed by atoms with Gasteiger partial charge in [-0.25, -0.2) is 8.42 Å². The van der Waals surface area contributed by atoms with Crippen molar-refractivity contribution in [1.29, 1.82) is 0 Å². The third-order valence-corrected chi connectivity index (χ3v) is 5.81. The number of amides is 1. The largest absolute Gasteiger partial charge is 0.322 e. The smallest absolute Gasteiger partial charge is 0.265 e. The third-order valence-electron chi connectivity index (χ3n) is 3.76. The van der Waals surface area contributed by atoms with Gasteiger partial charge >= 0.3 is 0 Å². The summed E-state index contributed by atoms with van der Waals surface area (Å²) in [6.45, 7) is 3.33. The number of hydrogen-bond acceptors (Lipinski definition) is 3. The van der Waals surface area contributed by atoms with E-state index in [1.54, 1.807) is 62.4 Å². The summed E-state index contributed by atoms with van der Waals surface area (Å²) < 4.78 is 27.3. The molecule has 0 bridgehead atoms. The Hall–Kier alpha value is -2.34. The molecule has 1 aliphatic rings. The fourth-order valence-corrected chi connectivity index (χ4v) is 4.48. The zero-order valence-electron chi connectivity index (χ0n) is 12.3. The van der Waals surface area contributed by atoms with E-state index in [0.717, 1.165) is 0 Å². The lowest BCUT2D eigenvalue weighted by Gasteiger charge is -2.35. The second-order valence-electron chi connectivity index (χ2n) is 5.25. The Morgan fingerprint density at radius 1 is 1.05 bits per heavy atom. The van der Waals surface area contributed by atoms with Gasteiger partial charge < -0.3 is 5.32 Å². The first-order chi connectivity index (χ1) is 10.4. The Balaban J connectivity index is 2.22. The minimum absolute atomic E-state index is 0.214. The lowest BCUT2D eigenvalue weighted by atomic mass is 10.1. The summed E-state index contributed by atoms with van der Waals surface area (Å²) in [4.78, 5) is 12.3. The number of fused-ring (bicyclic) bond motifs is 1. The Kier molecular flexibility index (Phi) is 3.41. The zero-order chi connectivity index (χ0) is 15.9. The molecule has 1 heterocycles. The van der Waals surface area contributed by atoms with Crippen LogP contribution in [0, 0.1) is 6.92 Å². The van der Waals surface area contributed by atoms with Crippen molar-refractivity contribution < 1.29 is 13.2 Å². The quantitative estimate of drug-likeness (QED) is 0.926. The van der Waals surface area contributed by atoms with Gasteiger partial charge in [-0.15, -0.1) is 0 Å². The molecule has 2 aromatic rings. The molecule has 2 aromatic carbocycles. The van der Waals surface area contributed by atoms with Gasteiger partial charge in [0.1, 0.15) is 6.04 Å². The van der Waals surface area contributed by atoms with Crippen molar-refractivity contribution in [2.24, 2.45) is 0 Å². The minimum atomic E-state index is -3.82. The highest BCUT2D eigenvalue weighted by Gasteiger charge is 2.38. The van der Waals surface area contributed by atoms with Crippen molar-refractivity contribution in [3.8, 4) is 0 Å². The number of nitrogens with zero attached hydrogens (tertiary/aromatic N) is 1. The molecule has 0 spiro atoms. The van der Waals surface area contributed by atoms with E-state index in [0.29, 0.717) is 16.9 Å². The molecule has 0 saturated carbocycles. The normalized spacial score (nSPS) is 17.8. The Bertz CT molecular complexity index is 846. The highest BCUT2D eigenvalue weighted by atomic mass is 32.2. The van der Waals surface area contributed by atoms with Crippen LogP contribution in [0.2, 0.25) is 0 Å².